The van der Waals surface area contributed by atoms with Gasteiger partial charge >= 0.3 is 0 Å². The Kier molecular flexibility index (Phi) is 4.55. The lowest BCUT2D eigenvalue weighted by atomic mass is 10.1. The fourth-order valence-corrected chi connectivity index (χ4v) is 3.81. The number of carbonyl (C=O) groups excluding carboxylic acids is 1. The van der Waals surface area contributed by atoms with Crippen molar-refractivity contribution in [2.75, 3.05) is 7.11 Å². The highest BCUT2D eigenvalue weighted by Gasteiger charge is 2.18. The summed E-state index contributed by atoms with van der Waals surface area (Å²) in [7, 11) is 1.62. The maximum atomic E-state index is 13.2. The molecule has 0 N–H and O–H groups in total. The van der Waals surface area contributed by atoms with E-state index in [2.05, 4.69) is 15.3 Å². The molecule has 2 aromatic carbocycles. The van der Waals surface area contributed by atoms with Gasteiger partial charge in [0.05, 0.1) is 18.4 Å². The van der Waals surface area contributed by atoms with Crippen LogP contribution in [-0.2, 0) is 0 Å². The van der Waals surface area contributed by atoms with Crippen molar-refractivity contribution in [1.29, 1.82) is 0 Å². The molecule has 0 aliphatic carbocycles. The molecule has 5 aromatic rings. The molecule has 32 heavy (non-hydrogen) atoms. The van der Waals surface area contributed by atoms with E-state index in [1.165, 1.54) is 11.5 Å². The molecule has 8 heteroatoms. The van der Waals surface area contributed by atoms with Crippen LogP contribution in [0.15, 0.2) is 65.6 Å². The minimum absolute atomic E-state index is 0.0302. The predicted octanol–water partition coefficient (Wildman–Crippen LogP) is 3.62. The second kappa shape index (κ2) is 7.42. The number of pyridine rings is 1. The first kappa shape index (κ1) is 19.6. The highest BCUT2D eigenvalue weighted by Crippen LogP contribution is 2.29. The van der Waals surface area contributed by atoms with E-state index < -0.39 is 0 Å². The monoisotopic (exact) mass is 425 g/mol. The summed E-state index contributed by atoms with van der Waals surface area (Å²) in [6.45, 7) is 3.40. The van der Waals surface area contributed by atoms with E-state index in [1.807, 2.05) is 31.2 Å². The molecule has 0 fully saturated rings. The number of aryl methyl sites for hydroxylation is 1. The number of nitrogens with zero attached hydrogens (tertiary/aromatic N) is 5. The van der Waals surface area contributed by atoms with Gasteiger partial charge in [-0.2, -0.15) is 5.10 Å². The number of benzene rings is 2. The van der Waals surface area contributed by atoms with Crippen LogP contribution in [-0.4, -0.2) is 37.3 Å². The van der Waals surface area contributed by atoms with Crippen LogP contribution in [0.25, 0.3) is 33.5 Å². The topological polar surface area (TPSA) is 91.4 Å². The zero-order chi connectivity index (χ0) is 22.4. The average Bonchev–Trinajstić information content (AvgIpc) is 3.15. The molecule has 158 valence electrons. The van der Waals surface area contributed by atoms with Crippen LogP contribution in [0.5, 0.6) is 5.75 Å². The molecule has 0 spiro atoms. The molecule has 0 aliphatic heterocycles. The van der Waals surface area contributed by atoms with Crippen molar-refractivity contribution in [3.63, 3.8) is 0 Å². The highest BCUT2D eigenvalue weighted by molar-refractivity contribution is 5.94. The van der Waals surface area contributed by atoms with Crippen molar-refractivity contribution in [3.8, 4) is 22.6 Å². The van der Waals surface area contributed by atoms with Gasteiger partial charge in [-0.25, -0.2) is 4.52 Å². The molecule has 0 saturated heterocycles. The second-order valence-corrected chi connectivity index (χ2v) is 7.45. The van der Waals surface area contributed by atoms with E-state index in [9.17, 15) is 9.59 Å². The van der Waals surface area contributed by atoms with E-state index in [4.69, 9.17) is 4.74 Å². The van der Waals surface area contributed by atoms with Crippen LogP contribution in [0.1, 0.15) is 23.0 Å². The van der Waals surface area contributed by atoms with Crippen LogP contribution >= 0.6 is 0 Å². The summed E-state index contributed by atoms with van der Waals surface area (Å²) in [5, 5.41) is 13.2. The number of hydrogen-bond donors (Lipinski definition) is 0. The van der Waals surface area contributed by atoms with Crippen molar-refractivity contribution < 1.29 is 9.53 Å². The van der Waals surface area contributed by atoms with Gasteiger partial charge in [0.2, 0.25) is 0 Å². The van der Waals surface area contributed by atoms with Gasteiger partial charge < -0.3 is 4.74 Å². The van der Waals surface area contributed by atoms with Crippen LogP contribution in [0, 0.1) is 6.92 Å². The molecular weight excluding hydrogens is 406 g/mol. The number of fused-ring (bicyclic) bond motifs is 3. The molecule has 0 radical (unpaired) electrons. The van der Waals surface area contributed by atoms with Gasteiger partial charge in [-0.05, 0) is 61.9 Å². The molecule has 0 atom stereocenters. The Morgan fingerprint density at radius 2 is 1.69 bits per heavy atom. The Morgan fingerprint density at radius 1 is 0.969 bits per heavy atom. The third-order valence-electron chi connectivity index (χ3n) is 5.49. The number of Topliss-reactive ketones (excluding diaryl/α,β-unsaturated/α-hetero) is 1. The summed E-state index contributed by atoms with van der Waals surface area (Å²) in [5.74, 6) is 0.730. The third-order valence-corrected chi connectivity index (χ3v) is 5.49. The fourth-order valence-electron chi connectivity index (χ4n) is 3.81. The number of rotatable bonds is 4. The first-order valence-electron chi connectivity index (χ1n) is 10.0. The van der Waals surface area contributed by atoms with Gasteiger partial charge in [0.25, 0.3) is 5.56 Å². The first-order valence-corrected chi connectivity index (χ1v) is 10.0. The van der Waals surface area contributed by atoms with E-state index in [0.717, 1.165) is 22.6 Å². The molecule has 5 rings (SSSR count). The number of hydrogen-bond acceptors (Lipinski definition) is 6. The summed E-state index contributed by atoms with van der Waals surface area (Å²) in [6.07, 6.45) is 1.68. The van der Waals surface area contributed by atoms with E-state index in [0.29, 0.717) is 22.4 Å². The molecular formula is C24H19N5O3. The van der Waals surface area contributed by atoms with Gasteiger partial charge in [0.15, 0.2) is 16.9 Å². The van der Waals surface area contributed by atoms with E-state index in [-0.39, 0.29) is 16.9 Å². The van der Waals surface area contributed by atoms with Crippen LogP contribution in [0.3, 0.4) is 0 Å². The van der Waals surface area contributed by atoms with Crippen molar-refractivity contribution >= 4 is 22.5 Å². The Morgan fingerprint density at radius 3 is 2.34 bits per heavy atom. The SMILES string of the molecule is COc1ccc(-c2c(C)nn3c2nnc2c(=O)n(-c4ccc(C(C)=O)cc4)ccc23)cc1. The quantitative estimate of drug-likeness (QED) is 0.409. The summed E-state index contributed by atoms with van der Waals surface area (Å²) in [4.78, 5) is 24.7. The Hall–Kier alpha value is -4.33. The summed E-state index contributed by atoms with van der Waals surface area (Å²) in [6, 6.07) is 16.3. The van der Waals surface area contributed by atoms with Crippen LogP contribution in [0.2, 0.25) is 0 Å². The lowest BCUT2D eigenvalue weighted by Gasteiger charge is -2.08. The van der Waals surface area contributed by atoms with Crippen molar-refractivity contribution in [2.24, 2.45) is 0 Å². The fraction of sp³-hybridized carbons (Fsp3) is 0.125. The molecule has 0 amide bonds. The molecule has 0 saturated carbocycles. The molecule has 0 unspecified atom stereocenters. The van der Waals surface area contributed by atoms with Crippen LogP contribution in [0.4, 0.5) is 0 Å². The molecule has 8 nitrogen and oxygen atoms in total. The Balaban J connectivity index is 1.67. The minimum atomic E-state index is -0.313. The number of ether oxygens (including phenoxy) is 1. The standard InChI is InChI=1S/C24H19N5O3/c1-14-21(17-6-10-19(32-3)11-7-17)23-26-25-22-20(29(23)27-14)12-13-28(24(22)31)18-8-4-16(5-9-18)15(2)30/h4-13H,1-3H3. The first-order chi connectivity index (χ1) is 15.5. The van der Waals surface area contributed by atoms with Gasteiger partial charge in [-0.15, -0.1) is 10.2 Å². The van der Waals surface area contributed by atoms with E-state index in [1.54, 1.807) is 48.2 Å². The minimum Gasteiger partial charge on any atom is -0.497 e. The average molecular weight is 425 g/mol. The lowest BCUT2D eigenvalue weighted by Crippen LogP contribution is -2.20. The van der Waals surface area contributed by atoms with Crippen LogP contribution < -0.4 is 10.3 Å². The predicted molar refractivity (Wildman–Crippen MR) is 121 cm³/mol. The number of carbonyl (C=O) groups is 1. The summed E-state index contributed by atoms with van der Waals surface area (Å²) < 4.78 is 8.37. The molecule has 0 bridgehead atoms. The number of ketones is 1. The third kappa shape index (κ3) is 3.04. The normalized spacial score (nSPS) is 11.2. The van der Waals surface area contributed by atoms with Gasteiger partial charge in [-0.3, -0.25) is 14.2 Å². The maximum absolute atomic E-state index is 13.2. The highest BCUT2D eigenvalue weighted by atomic mass is 16.5. The maximum Gasteiger partial charge on any atom is 0.285 e. The van der Waals surface area contributed by atoms with Gasteiger partial charge in [-0.1, -0.05) is 12.1 Å². The summed E-state index contributed by atoms with van der Waals surface area (Å²) >= 11 is 0. The number of aromatic nitrogens is 5. The Bertz CT molecular complexity index is 1550. The Labute approximate surface area is 182 Å². The molecule has 0 aliphatic rings. The van der Waals surface area contributed by atoms with Gasteiger partial charge in [0.1, 0.15) is 11.3 Å². The van der Waals surface area contributed by atoms with Crippen molar-refractivity contribution in [1.82, 2.24) is 24.4 Å². The molecule has 3 aromatic heterocycles. The second-order valence-electron chi connectivity index (χ2n) is 7.45. The largest absolute Gasteiger partial charge is 0.497 e. The summed E-state index contributed by atoms with van der Waals surface area (Å²) in [5.41, 5.74) is 4.83. The lowest BCUT2D eigenvalue weighted by molar-refractivity contribution is 0.101. The number of methoxy groups -OCH3 is 1. The smallest absolute Gasteiger partial charge is 0.285 e. The zero-order valence-electron chi connectivity index (χ0n) is 17.7. The van der Waals surface area contributed by atoms with Crippen molar-refractivity contribution in [2.45, 2.75) is 13.8 Å². The van der Waals surface area contributed by atoms with Gasteiger partial charge in [0, 0.05) is 17.4 Å². The van der Waals surface area contributed by atoms with E-state index >= 15 is 0 Å². The van der Waals surface area contributed by atoms with Crippen molar-refractivity contribution in [3.05, 3.63) is 82.4 Å². The zero-order valence-corrected chi connectivity index (χ0v) is 17.7. The molecule has 3 heterocycles.